The first-order chi connectivity index (χ1) is 13.0. The SMILES string of the molecule is CCN(Cc1ccccc1)C(=O)C1CC1C(=O)N(CC)c1cccc(C)c1. The van der Waals surface area contributed by atoms with Gasteiger partial charge in [-0.05, 0) is 50.5 Å². The largest absolute Gasteiger partial charge is 0.338 e. The van der Waals surface area contributed by atoms with Crippen LogP contribution in [0.1, 0.15) is 31.4 Å². The quantitative estimate of drug-likeness (QED) is 0.744. The van der Waals surface area contributed by atoms with Gasteiger partial charge in [0.15, 0.2) is 0 Å². The lowest BCUT2D eigenvalue weighted by Gasteiger charge is -2.23. The zero-order valence-corrected chi connectivity index (χ0v) is 16.4. The highest BCUT2D eigenvalue weighted by Gasteiger charge is 2.50. The van der Waals surface area contributed by atoms with E-state index in [1.165, 1.54) is 0 Å². The minimum Gasteiger partial charge on any atom is -0.338 e. The van der Waals surface area contributed by atoms with E-state index < -0.39 is 0 Å². The molecule has 0 aliphatic heterocycles. The smallest absolute Gasteiger partial charge is 0.230 e. The zero-order valence-electron chi connectivity index (χ0n) is 16.4. The third-order valence-corrected chi connectivity index (χ3v) is 5.23. The van der Waals surface area contributed by atoms with Gasteiger partial charge in [0.1, 0.15) is 0 Å². The molecule has 1 saturated carbocycles. The lowest BCUT2D eigenvalue weighted by atomic mass is 10.1. The van der Waals surface area contributed by atoms with Crippen molar-refractivity contribution in [2.24, 2.45) is 11.8 Å². The summed E-state index contributed by atoms with van der Waals surface area (Å²) in [5, 5.41) is 0. The summed E-state index contributed by atoms with van der Waals surface area (Å²) in [7, 11) is 0. The second-order valence-corrected chi connectivity index (χ2v) is 7.21. The number of hydrogen-bond acceptors (Lipinski definition) is 2. The Labute approximate surface area is 161 Å². The number of rotatable bonds is 7. The van der Waals surface area contributed by atoms with Gasteiger partial charge in [-0.1, -0.05) is 42.5 Å². The van der Waals surface area contributed by atoms with E-state index in [4.69, 9.17) is 0 Å². The molecule has 2 aromatic rings. The van der Waals surface area contributed by atoms with E-state index in [2.05, 4.69) is 0 Å². The molecule has 0 spiro atoms. The van der Waals surface area contributed by atoms with Crippen LogP contribution in [0.2, 0.25) is 0 Å². The fourth-order valence-electron chi connectivity index (χ4n) is 3.59. The summed E-state index contributed by atoms with van der Waals surface area (Å²) in [4.78, 5) is 29.6. The van der Waals surface area contributed by atoms with Crippen molar-refractivity contribution in [3.63, 3.8) is 0 Å². The first-order valence-corrected chi connectivity index (χ1v) is 9.75. The molecular formula is C23H28N2O2. The molecule has 0 saturated heterocycles. The molecule has 0 heterocycles. The van der Waals surface area contributed by atoms with Crippen molar-refractivity contribution in [2.45, 2.75) is 33.7 Å². The summed E-state index contributed by atoms with van der Waals surface area (Å²) in [5.74, 6) is -0.208. The molecule has 4 nitrogen and oxygen atoms in total. The van der Waals surface area contributed by atoms with Gasteiger partial charge in [0.25, 0.3) is 0 Å². The van der Waals surface area contributed by atoms with Gasteiger partial charge >= 0.3 is 0 Å². The lowest BCUT2D eigenvalue weighted by Crippen LogP contribution is -2.36. The highest BCUT2D eigenvalue weighted by atomic mass is 16.2. The normalized spacial score (nSPS) is 18.0. The van der Waals surface area contributed by atoms with Crippen LogP contribution in [0.25, 0.3) is 0 Å². The van der Waals surface area contributed by atoms with Crippen LogP contribution in [0.3, 0.4) is 0 Å². The van der Waals surface area contributed by atoms with E-state index >= 15 is 0 Å². The van der Waals surface area contributed by atoms with E-state index in [9.17, 15) is 9.59 Å². The lowest BCUT2D eigenvalue weighted by molar-refractivity contribution is -0.134. The number of benzene rings is 2. The summed E-state index contributed by atoms with van der Waals surface area (Å²) in [6, 6.07) is 18.0. The Hall–Kier alpha value is -2.62. The topological polar surface area (TPSA) is 40.6 Å². The molecule has 142 valence electrons. The number of carbonyl (C=O) groups is 2. The van der Waals surface area contributed by atoms with Gasteiger partial charge in [-0.2, -0.15) is 0 Å². The number of nitrogens with zero attached hydrogens (tertiary/aromatic N) is 2. The van der Waals surface area contributed by atoms with Gasteiger partial charge in [0, 0.05) is 25.3 Å². The second-order valence-electron chi connectivity index (χ2n) is 7.21. The number of carbonyl (C=O) groups excluding carboxylic acids is 2. The van der Waals surface area contributed by atoms with Gasteiger partial charge < -0.3 is 9.80 Å². The third kappa shape index (κ3) is 4.38. The Bertz CT molecular complexity index is 803. The highest BCUT2D eigenvalue weighted by molar-refractivity contribution is 6.01. The van der Waals surface area contributed by atoms with Crippen LogP contribution in [-0.2, 0) is 16.1 Å². The molecule has 3 rings (SSSR count). The van der Waals surface area contributed by atoms with Crippen LogP contribution < -0.4 is 4.90 Å². The van der Waals surface area contributed by atoms with E-state index in [1.807, 2.05) is 80.3 Å². The number of hydrogen-bond donors (Lipinski definition) is 0. The Morgan fingerprint density at radius 3 is 2.26 bits per heavy atom. The summed E-state index contributed by atoms with van der Waals surface area (Å²) in [6.07, 6.45) is 0.658. The van der Waals surface area contributed by atoms with Crippen molar-refractivity contribution in [1.29, 1.82) is 0 Å². The molecular weight excluding hydrogens is 336 g/mol. The highest BCUT2D eigenvalue weighted by Crippen LogP contribution is 2.42. The van der Waals surface area contributed by atoms with Gasteiger partial charge in [-0.15, -0.1) is 0 Å². The molecule has 4 heteroatoms. The van der Waals surface area contributed by atoms with Crippen LogP contribution in [0.4, 0.5) is 5.69 Å². The van der Waals surface area contributed by atoms with E-state index in [-0.39, 0.29) is 23.7 Å². The van der Waals surface area contributed by atoms with Crippen molar-refractivity contribution in [2.75, 3.05) is 18.0 Å². The van der Waals surface area contributed by atoms with Crippen LogP contribution in [-0.4, -0.2) is 29.8 Å². The molecule has 1 aliphatic carbocycles. The predicted molar refractivity (Wildman–Crippen MR) is 108 cm³/mol. The number of aryl methyl sites for hydroxylation is 1. The average Bonchev–Trinajstić information content (AvgIpc) is 3.48. The molecule has 2 atom stereocenters. The Morgan fingerprint density at radius 1 is 0.926 bits per heavy atom. The van der Waals surface area contributed by atoms with Gasteiger partial charge in [0.05, 0.1) is 11.8 Å². The summed E-state index contributed by atoms with van der Waals surface area (Å²) >= 11 is 0. The van der Waals surface area contributed by atoms with E-state index in [0.29, 0.717) is 26.1 Å². The monoisotopic (exact) mass is 364 g/mol. The number of anilines is 1. The van der Waals surface area contributed by atoms with E-state index in [0.717, 1.165) is 16.8 Å². The van der Waals surface area contributed by atoms with Crippen molar-refractivity contribution >= 4 is 17.5 Å². The van der Waals surface area contributed by atoms with Crippen LogP contribution in [0.15, 0.2) is 54.6 Å². The minimum atomic E-state index is -0.192. The van der Waals surface area contributed by atoms with Crippen molar-refractivity contribution in [3.8, 4) is 0 Å². The summed E-state index contributed by atoms with van der Waals surface area (Å²) in [6.45, 7) is 7.86. The molecule has 1 fully saturated rings. The van der Waals surface area contributed by atoms with Crippen LogP contribution in [0, 0.1) is 18.8 Å². The molecule has 2 unspecified atom stereocenters. The van der Waals surface area contributed by atoms with Gasteiger partial charge in [0.2, 0.25) is 11.8 Å². The number of amides is 2. The average molecular weight is 364 g/mol. The molecule has 0 radical (unpaired) electrons. The molecule has 27 heavy (non-hydrogen) atoms. The first-order valence-electron chi connectivity index (χ1n) is 9.75. The molecule has 0 N–H and O–H groups in total. The molecule has 2 amide bonds. The molecule has 0 bridgehead atoms. The van der Waals surface area contributed by atoms with Gasteiger partial charge in [-0.25, -0.2) is 0 Å². The zero-order chi connectivity index (χ0) is 19.4. The fraction of sp³-hybridized carbons (Fsp3) is 0.391. The summed E-state index contributed by atoms with van der Waals surface area (Å²) in [5.41, 5.74) is 3.16. The van der Waals surface area contributed by atoms with E-state index in [1.54, 1.807) is 4.90 Å². The maximum absolute atomic E-state index is 13.0. The van der Waals surface area contributed by atoms with Gasteiger partial charge in [-0.3, -0.25) is 9.59 Å². The molecule has 1 aliphatic rings. The second kappa shape index (κ2) is 8.38. The predicted octanol–water partition coefficient (Wildman–Crippen LogP) is 4.03. The Kier molecular flexibility index (Phi) is 5.94. The molecule has 2 aromatic carbocycles. The molecule has 0 aromatic heterocycles. The standard InChI is InChI=1S/C23H28N2O2/c1-4-24(16-18-11-7-6-8-12-18)22(26)20-15-21(20)23(27)25(5-2)19-13-9-10-17(3)14-19/h6-14,20-21H,4-5,15-16H2,1-3H3. The Balaban J connectivity index is 1.66. The van der Waals surface area contributed by atoms with Crippen LogP contribution in [0.5, 0.6) is 0 Å². The minimum absolute atomic E-state index is 0.0669. The maximum Gasteiger partial charge on any atom is 0.230 e. The fourth-order valence-corrected chi connectivity index (χ4v) is 3.59. The Morgan fingerprint density at radius 2 is 1.63 bits per heavy atom. The van der Waals surface area contributed by atoms with Crippen molar-refractivity contribution in [1.82, 2.24) is 4.90 Å². The first kappa shape index (κ1) is 19.2. The maximum atomic E-state index is 13.0. The van der Waals surface area contributed by atoms with Crippen LogP contribution >= 0.6 is 0 Å². The van der Waals surface area contributed by atoms with Crippen molar-refractivity contribution in [3.05, 3.63) is 65.7 Å². The van der Waals surface area contributed by atoms with Crippen molar-refractivity contribution < 1.29 is 9.59 Å². The summed E-state index contributed by atoms with van der Waals surface area (Å²) < 4.78 is 0. The third-order valence-electron chi connectivity index (χ3n) is 5.23.